The van der Waals surface area contributed by atoms with Crippen molar-refractivity contribution in [3.8, 4) is 34.0 Å². The number of nitrogens with zero attached hydrogens (tertiary/aromatic N) is 5. The quantitative estimate of drug-likeness (QED) is 0.149. The molecule has 48 heavy (non-hydrogen) atoms. The summed E-state index contributed by atoms with van der Waals surface area (Å²) in [6.07, 6.45) is 4.96. The van der Waals surface area contributed by atoms with Crippen LogP contribution in [0.25, 0.3) is 28.2 Å². The predicted octanol–water partition coefficient (Wildman–Crippen LogP) is 8.53. The Morgan fingerprint density at radius 2 is 1.56 bits per heavy atom. The van der Waals surface area contributed by atoms with Gasteiger partial charge in [0.25, 0.3) is 0 Å². The first-order valence-corrected chi connectivity index (χ1v) is 18.9. The van der Waals surface area contributed by atoms with Gasteiger partial charge in [0.05, 0.1) is 11.4 Å². The van der Waals surface area contributed by atoms with Crippen LogP contribution < -0.4 is 5.32 Å². The van der Waals surface area contributed by atoms with E-state index in [1.165, 1.54) is 4.90 Å². The highest BCUT2D eigenvalue weighted by Crippen LogP contribution is 2.41. The van der Waals surface area contributed by atoms with Crippen LogP contribution in [0.5, 0.6) is 0 Å². The lowest BCUT2D eigenvalue weighted by Gasteiger charge is -2.38. The Balaban J connectivity index is 1.90. The zero-order chi connectivity index (χ0) is 35.6. The average molecular weight is 667 g/mol. The van der Waals surface area contributed by atoms with Crippen LogP contribution in [0.4, 0.5) is 10.6 Å². The predicted molar refractivity (Wildman–Crippen MR) is 196 cm³/mol. The highest BCUT2D eigenvalue weighted by atomic mass is 28.3. The van der Waals surface area contributed by atoms with Crippen molar-refractivity contribution < 1.29 is 14.3 Å². The molecule has 4 heterocycles. The molecule has 4 rings (SSSR count). The van der Waals surface area contributed by atoms with Crippen molar-refractivity contribution in [1.82, 2.24) is 24.3 Å². The number of hydrogen-bond acceptors (Lipinski definition) is 6. The molecule has 10 heteroatoms. The van der Waals surface area contributed by atoms with E-state index in [2.05, 4.69) is 79.8 Å². The lowest BCUT2D eigenvalue weighted by molar-refractivity contribution is -0.120. The molecule has 1 atom stereocenters. The van der Waals surface area contributed by atoms with Crippen LogP contribution in [-0.2, 0) is 9.53 Å². The van der Waals surface area contributed by atoms with Gasteiger partial charge in [-0.25, -0.2) is 14.8 Å². The molecule has 0 fully saturated rings. The fraction of sp³-hybridized carbons (Fsp3) is 0.447. The molecule has 254 valence electrons. The molecule has 9 nitrogen and oxygen atoms in total. The first kappa shape index (κ1) is 36.3. The third-order valence-corrected chi connectivity index (χ3v) is 15.3. The molecule has 4 aromatic rings. The van der Waals surface area contributed by atoms with Crippen molar-refractivity contribution in [2.45, 2.75) is 104 Å². The molecule has 0 aliphatic carbocycles. The van der Waals surface area contributed by atoms with E-state index in [-0.39, 0.29) is 5.91 Å². The SMILES string of the molecule is Cc1ccn2c(-c3ccc(NC(=O)C(C)N(C)C(=O)OC(C)(C)C)nc3C#C[Si](C(C)C)(C(C)C)C(C)C)c(-c3ccncc3)nc2c1. The third kappa shape index (κ3) is 7.63. The van der Waals surface area contributed by atoms with E-state index in [1.807, 2.05) is 31.3 Å². The van der Waals surface area contributed by atoms with Crippen LogP contribution in [0, 0.1) is 18.4 Å². The Kier molecular flexibility index (Phi) is 10.8. The smallest absolute Gasteiger partial charge is 0.410 e. The van der Waals surface area contributed by atoms with Crippen LogP contribution in [0.1, 0.15) is 80.5 Å². The van der Waals surface area contributed by atoms with Gasteiger partial charge in [-0.15, -0.1) is 5.54 Å². The van der Waals surface area contributed by atoms with Gasteiger partial charge in [-0.3, -0.25) is 19.1 Å². The minimum Gasteiger partial charge on any atom is -0.444 e. The fourth-order valence-corrected chi connectivity index (χ4v) is 11.6. The van der Waals surface area contributed by atoms with E-state index in [0.717, 1.165) is 33.7 Å². The molecule has 0 aliphatic rings. The molecule has 1 N–H and O–H groups in total. The second-order valence-electron chi connectivity index (χ2n) is 14.5. The molecule has 0 spiro atoms. The monoisotopic (exact) mass is 666 g/mol. The van der Waals surface area contributed by atoms with Crippen LogP contribution >= 0.6 is 0 Å². The summed E-state index contributed by atoms with van der Waals surface area (Å²) in [5.74, 6) is 3.52. The van der Waals surface area contributed by atoms with E-state index in [9.17, 15) is 9.59 Å². The summed E-state index contributed by atoms with van der Waals surface area (Å²) in [5, 5.41) is 2.92. The van der Waals surface area contributed by atoms with E-state index in [4.69, 9.17) is 14.7 Å². The molecule has 0 bridgehead atoms. The Labute approximate surface area is 286 Å². The lowest BCUT2D eigenvalue weighted by atomic mass is 10.0. The lowest BCUT2D eigenvalue weighted by Crippen LogP contribution is -2.45. The molecular formula is C38H50N6O3Si. The first-order chi connectivity index (χ1) is 22.5. The van der Waals surface area contributed by atoms with Crippen LogP contribution in [0.3, 0.4) is 0 Å². The van der Waals surface area contributed by atoms with Gasteiger partial charge >= 0.3 is 6.09 Å². The summed E-state index contributed by atoms with van der Waals surface area (Å²) < 4.78 is 7.54. The normalized spacial score (nSPS) is 12.6. The number of fused-ring (bicyclic) bond motifs is 1. The number of anilines is 1. The van der Waals surface area contributed by atoms with E-state index in [1.54, 1.807) is 53.2 Å². The average Bonchev–Trinajstić information content (AvgIpc) is 3.38. The van der Waals surface area contributed by atoms with E-state index >= 15 is 0 Å². The number of ether oxygens (including phenoxy) is 1. The first-order valence-electron chi connectivity index (χ1n) is 16.7. The van der Waals surface area contributed by atoms with Crippen molar-refractivity contribution >= 4 is 31.5 Å². The van der Waals surface area contributed by atoms with Crippen molar-refractivity contribution in [3.05, 3.63) is 66.2 Å². The topological polar surface area (TPSA) is 102 Å². The minimum absolute atomic E-state index is 0.346. The van der Waals surface area contributed by atoms with Crippen LogP contribution in [-0.4, -0.2) is 63.0 Å². The molecule has 0 aromatic carbocycles. The summed E-state index contributed by atoms with van der Waals surface area (Å²) >= 11 is 0. The number of rotatable bonds is 8. The number of aromatic nitrogens is 4. The molecule has 2 amide bonds. The molecule has 0 radical (unpaired) electrons. The van der Waals surface area contributed by atoms with Crippen molar-refractivity contribution in [1.29, 1.82) is 0 Å². The molecule has 4 aromatic heterocycles. The number of carbonyl (C=O) groups is 2. The largest absolute Gasteiger partial charge is 0.444 e. The Morgan fingerprint density at radius 3 is 2.15 bits per heavy atom. The molecule has 0 saturated carbocycles. The highest BCUT2D eigenvalue weighted by molar-refractivity contribution is 6.90. The summed E-state index contributed by atoms with van der Waals surface area (Å²) in [7, 11) is -0.600. The third-order valence-electron chi connectivity index (χ3n) is 9.04. The molecular weight excluding hydrogens is 617 g/mol. The number of hydrogen-bond donors (Lipinski definition) is 1. The van der Waals surface area contributed by atoms with Gasteiger partial charge in [0.1, 0.15) is 36.9 Å². The maximum absolute atomic E-state index is 13.4. The number of aryl methyl sites for hydroxylation is 1. The molecule has 0 aliphatic heterocycles. The summed E-state index contributed by atoms with van der Waals surface area (Å²) in [6.45, 7) is 22.8. The summed E-state index contributed by atoms with van der Waals surface area (Å²) in [5.41, 5.74) is 10.3. The Hall–Kier alpha value is -4.49. The number of imidazole rings is 1. The van der Waals surface area contributed by atoms with Gasteiger partial charge in [0, 0.05) is 36.8 Å². The number of likely N-dealkylation sites (N-methyl/N-ethyl adjacent to an activating group) is 1. The van der Waals surface area contributed by atoms with Gasteiger partial charge in [-0.05, 0) is 93.2 Å². The van der Waals surface area contributed by atoms with E-state index in [0.29, 0.717) is 28.1 Å². The van der Waals surface area contributed by atoms with Crippen molar-refractivity contribution in [3.63, 3.8) is 0 Å². The standard InChI is InChI=1S/C38H50N6O3Si/c1-24(2)48(25(3)4,26(5)6)22-18-31-30(13-14-32(40-31)41-36(45)28(8)43(12)37(46)47-38(9,10)11)35-34(29-15-19-39-20-16-29)42-33-23-27(7)17-21-44(33)35/h13-17,19-21,23-26,28H,1-12H3,(H,40,41,45). The van der Waals surface area contributed by atoms with Crippen LogP contribution in [0.15, 0.2) is 55.0 Å². The van der Waals surface area contributed by atoms with Gasteiger partial charge in [-0.2, -0.15) is 0 Å². The molecule has 1 unspecified atom stereocenters. The number of nitrogens with one attached hydrogen (secondary N) is 1. The second-order valence-corrected chi connectivity index (χ2v) is 20.1. The van der Waals surface area contributed by atoms with Gasteiger partial charge < -0.3 is 10.1 Å². The number of carbonyl (C=O) groups excluding carboxylic acids is 2. The zero-order valence-corrected chi connectivity index (χ0v) is 31.5. The molecule has 0 saturated heterocycles. The maximum atomic E-state index is 13.4. The second kappa shape index (κ2) is 14.3. The highest BCUT2D eigenvalue weighted by Gasteiger charge is 2.42. The van der Waals surface area contributed by atoms with E-state index < -0.39 is 25.8 Å². The number of amides is 2. The summed E-state index contributed by atoms with van der Waals surface area (Å²) in [4.78, 5) is 41.7. The minimum atomic E-state index is -2.15. The van der Waals surface area contributed by atoms with Crippen molar-refractivity contribution in [2.24, 2.45) is 0 Å². The van der Waals surface area contributed by atoms with Gasteiger partial charge in [-0.1, -0.05) is 47.5 Å². The van der Waals surface area contributed by atoms with Crippen LogP contribution in [0.2, 0.25) is 16.6 Å². The Morgan fingerprint density at radius 1 is 0.938 bits per heavy atom. The van der Waals surface area contributed by atoms with Crippen molar-refractivity contribution in [2.75, 3.05) is 12.4 Å². The van der Waals surface area contributed by atoms with Gasteiger partial charge in [0.2, 0.25) is 5.91 Å². The van der Waals surface area contributed by atoms with Gasteiger partial charge in [0.15, 0.2) is 0 Å². The number of pyridine rings is 3. The maximum Gasteiger partial charge on any atom is 0.410 e. The summed E-state index contributed by atoms with van der Waals surface area (Å²) in [6, 6.07) is 10.9. The zero-order valence-electron chi connectivity index (χ0n) is 30.5. The fourth-order valence-electron chi connectivity index (χ4n) is 6.43. The Bertz CT molecular complexity index is 1830.